The molecule has 1 aromatic carbocycles. The lowest BCUT2D eigenvalue weighted by molar-refractivity contribution is -0.156. The lowest BCUT2D eigenvalue weighted by Crippen LogP contribution is -2.57. The van der Waals surface area contributed by atoms with Crippen LogP contribution < -0.4 is 5.32 Å². The molecule has 4 aliphatic rings. The molecule has 0 bridgehead atoms. The van der Waals surface area contributed by atoms with E-state index in [1.807, 2.05) is 18.2 Å². The zero-order valence-electron chi connectivity index (χ0n) is 24.6. The molecule has 1 amide bonds. The Bertz CT molecular complexity index is 977. The maximum absolute atomic E-state index is 12.5. The van der Waals surface area contributed by atoms with Crippen LogP contribution in [0.4, 0.5) is 0 Å². The van der Waals surface area contributed by atoms with Crippen LogP contribution in [-0.2, 0) is 16.0 Å². The largest absolute Gasteiger partial charge is 0.393 e. The van der Waals surface area contributed by atoms with Crippen LogP contribution in [-0.4, -0.2) is 29.4 Å². The van der Waals surface area contributed by atoms with Crippen molar-refractivity contribution in [3.63, 3.8) is 0 Å². The summed E-state index contributed by atoms with van der Waals surface area (Å²) >= 11 is 0. The molecule has 1 aromatic rings. The van der Waals surface area contributed by atoms with Crippen molar-refractivity contribution in [3.05, 3.63) is 35.9 Å². The average Bonchev–Trinajstić information content (AvgIpc) is 3.23. The monoisotopic (exact) mass is 535 g/mol. The zero-order valence-corrected chi connectivity index (χ0v) is 24.6. The van der Waals surface area contributed by atoms with Crippen molar-refractivity contribution in [2.24, 2.45) is 40.4 Å². The van der Waals surface area contributed by atoms with E-state index < -0.39 is 0 Å². The van der Waals surface area contributed by atoms with Gasteiger partial charge in [0.2, 0.25) is 5.91 Å². The molecule has 0 heterocycles. The molecule has 0 aliphatic heterocycles. The number of ketones is 1. The Hall–Kier alpha value is -1.68. The molecular formula is C35H53NO3. The van der Waals surface area contributed by atoms with E-state index in [0.717, 1.165) is 63.3 Å². The Kier molecular flexibility index (Phi) is 9.21. The lowest BCUT2D eigenvalue weighted by atomic mass is 9.42. The van der Waals surface area contributed by atoms with Crippen molar-refractivity contribution in [1.82, 2.24) is 5.32 Å². The molecule has 0 aromatic heterocycles. The first kappa shape index (κ1) is 28.8. The summed E-state index contributed by atoms with van der Waals surface area (Å²) in [6.45, 7) is 5.64. The minimum absolute atomic E-state index is 0.106. The predicted octanol–water partition coefficient (Wildman–Crippen LogP) is 7.27. The van der Waals surface area contributed by atoms with E-state index in [0.29, 0.717) is 35.4 Å². The van der Waals surface area contributed by atoms with Gasteiger partial charge in [-0.1, -0.05) is 76.3 Å². The molecular weight excluding hydrogens is 482 g/mol. The van der Waals surface area contributed by atoms with Gasteiger partial charge in [-0.15, -0.1) is 0 Å². The summed E-state index contributed by atoms with van der Waals surface area (Å²) in [7, 11) is 0. The van der Waals surface area contributed by atoms with Crippen LogP contribution >= 0.6 is 0 Å². The highest BCUT2D eigenvalue weighted by Crippen LogP contribution is 2.67. The molecule has 216 valence electrons. The number of hydrogen-bond acceptors (Lipinski definition) is 3. The minimum atomic E-state index is -0.127. The third kappa shape index (κ3) is 6.16. The van der Waals surface area contributed by atoms with Crippen LogP contribution in [0.2, 0.25) is 0 Å². The molecule has 0 saturated heterocycles. The number of benzene rings is 1. The van der Waals surface area contributed by atoms with Crippen LogP contribution in [0.3, 0.4) is 0 Å². The summed E-state index contributed by atoms with van der Waals surface area (Å²) < 4.78 is 0. The number of carbonyl (C=O) groups is 2. The summed E-state index contributed by atoms with van der Waals surface area (Å²) in [6, 6.07) is 10.3. The van der Waals surface area contributed by atoms with Gasteiger partial charge in [0.25, 0.3) is 0 Å². The smallest absolute Gasteiger partial charge is 0.220 e. The molecule has 4 nitrogen and oxygen atoms in total. The molecule has 5 rings (SSSR count). The number of aliphatic hydroxyl groups is 1. The Morgan fingerprint density at radius 3 is 2.51 bits per heavy atom. The number of amides is 1. The maximum Gasteiger partial charge on any atom is 0.220 e. The molecule has 8 atom stereocenters. The number of hydrogen-bond donors (Lipinski definition) is 2. The number of Topliss-reactive ketones (excluding diaryl/α,β-unsaturated/α-hetero) is 1. The van der Waals surface area contributed by atoms with Crippen molar-refractivity contribution in [1.29, 1.82) is 0 Å². The van der Waals surface area contributed by atoms with E-state index in [2.05, 4.69) is 31.3 Å². The van der Waals surface area contributed by atoms with E-state index in [4.69, 9.17) is 0 Å². The van der Waals surface area contributed by atoms with Crippen LogP contribution in [0.15, 0.2) is 30.3 Å². The quantitative estimate of drug-likeness (QED) is 0.293. The number of rotatable bonds is 11. The number of nitrogens with one attached hydrogen (secondary N) is 1. The van der Waals surface area contributed by atoms with Gasteiger partial charge in [0.15, 0.2) is 0 Å². The van der Waals surface area contributed by atoms with Gasteiger partial charge in [-0.2, -0.15) is 0 Å². The Morgan fingerprint density at radius 2 is 1.69 bits per heavy atom. The fourth-order valence-corrected chi connectivity index (χ4v) is 9.79. The van der Waals surface area contributed by atoms with Gasteiger partial charge in [-0.25, -0.2) is 0 Å². The number of unbranched alkanes of at least 4 members (excludes halogenated alkanes) is 4. The maximum atomic E-state index is 12.5. The number of aliphatic hydroxyl groups excluding tert-OH is 1. The molecule has 4 aliphatic carbocycles. The standard InChI is InChI=1S/C35H53NO3/c1-34-20-17-28(37)24-27(34)23-26(33-29-15-16-31(38)35(29,2)21-18-30(33)34)13-9-4-3-5-10-14-32(39)36-22-19-25-11-7-6-8-12-25/h6-8,11-12,26-27,29-31,33,38H,3-5,9-10,13-24H2,1-2H3,(H,36,39)/t26-,27+,29+,30+,31+,33+,34+,35+/m1/s1. The minimum Gasteiger partial charge on any atom is -0.393 e. The first-order valence-electron chi connectivity index (χ1n) is 16.3. The van der Waals surface area contributed by atoms with Gasteiger partial charge in [0, 0.05) is 25.8 Å². The van der Waals surface area contributed by atoms with Gasteiger partial charge in [-0.05, 0) is 97.3 Å². The second-order valence-corrected chi connectivity index (χ2v) is 14.3. The van der Waals surface area contributed by atoms with E-state index >= 15 is 0 Å². The summed E-state index contributed by atoms with van der Waals surface area (Å²) in [5.74, 6) is 4.09. The molecule has 4 saturated carbocycles. The van der Waals surface area contributed by atoms with E-state index in [1.165, 1.54) is 56.9 Å². The summed E-state index contributed by atoms with van der Waals surface area (Å²) in [6.07, 6.45) is 17.0. The Balaban J connectivity index is 1.07. The van der Waals surface area contributed by atoms with Crippen LogP contribution in [0.5, 0.6) is 0 Å². The summed E-state index contributed by atoms with van der Waals surface area (Å²) in [4.78, 5) is 24.7. The summed E-state index contributed by atoms with van der Waals surface area (Å²) in [5, 5.41) is 14.0. The van der Waals surface area contributed by atoms with Gasteiger partial charge >= 0.3 is 0 Å². The first-order chi connectivity index (χ1) is 18.8. The van der Waals surface area contributed by atoms with Crippen LogP contribution in [0.1, 0.15) is 116 Å². The fraction of sp³-hybridized carbons (Fsp3) is 0.771. The molecule has 4 heteroatoms. The lowest BCUT2D eigenvalue weighted by Gasteiger charge is -2.62. The zero-order chi connectivity index (χ0) is 27.5. The number of carbonyl (C=O) groups excluding carboxylic acids is 2. The van der Waals surface area contributed by atoms with Gasteiger partial charge in [0.05, 0.1) is 6.10 Å². The Labute approximate surface area is 237 Å². The van der Waals surface area contributed by atoms with Gasteiger partial charge in [0.1, 0.15) is 5.78 Å². The first-order valence-corrected chi connectivity index (χ1v) is 16.3. The Morgan fingerprint density at radius 1 is 0.949 bits per heavy atom. The molecule has 0 radical (unpaired) electrons. The topological polar surface area (TPSA) is 66.4 Å². The normalized spacial score (nSPS) is 37.6. The highest BCUT2D eigenvalue weighted by atomic mass is 16.3. The van der Waals surface area contributed by atoms with E-state index in [9.17, 15) is 14.7 Å². The van der Waals surface area contributed by atoms with Crippen molar-refractivity contribution >= 4 is 11.7 Å². The molecule has 4 fully saturated rings. The van der Waals surface area contributed by atoms with Gasteiger partial charge in [-0.3, -0.25) is 9.59 Å². The number of fused-ring (bicyclic) bond motifs is 5. The van der Waals surface area contributed by atoms with Crippen molar-refractivity contribution in [3.8, 4) is 0 Å². The second kappa shape index (κ2) is 12.5. The SMILES string of the molecule is C[C@]12CCC(=O)C[C@@H]1C[C@@H](CCCCCCCC(=O)NCCc1ccccc1)[C@@H]1[C@@H]2CC[C@]2(C)[C@@H](O)CC[C@@H]12. The van der Waals surface area contributed by atoms with Crippen LogP contribution in [0.25, 0.3) is 0 Å². The van der Waals surface area contributed by atoms with Crippen molar-refractivity contribution in [2.75, 3.05) is 6.54 Å². The summed E-state index contributed by atoms with van der Waals surface area (Å²) in [5.41, 5.74) is 1.70. The van der Waals surface area contributed by atoms with E-state index in [1.54, 1.807) is 0 Å². The highest BCUT2D eigenvalue weighted by Gasteiger charge is 2.62. The van der Waals surface area contributed by atoms with Gasteiger partial charge < -0.3 is 10.4 Å². The predicted molar refractivity (Wildman–Crippen MR) is 157 cm³/mol. The molecule has 0 spiro atoms. The van der Waals surface area contributed by atoms with Crippen molar-refractivity contribution < 1.29 is 14.7 Å². The third-order valence-corrected chi connectivity index (χ3v) is 12.2. The molecule has 39 heavy (non-hydrogen) atoms. The molecule has 0 unspecified atom stereocenters. The highest BCUT2D eigenvalue weighted by molar-refractivity contribution is 5.79. The fourth-order valence-electron chi connectivity index (χ4n) is 9.79. The average molecular weight is 536 g/mol. The van der Waals surface area contributed by atoms with Crippen molar-refractivity contribution in [2.45, 2.75) is 123 Å². The third-order valence-electron chi connectivity index (χ3n) is 12.2. The molecule has 2 N–H and O–H groups in total. The second-order valence-electron chi connectivity index (χ2n) is 14.3. The van der Waals surface area contributed by atoms with Crippen LogP contribution in [0, 0.1) is 40.4 Å². The van der Waals surface area contributed by atoms with E-state index in [-0.39, 0.29) is 17.4 Å².